The van der Waals surface area contributed by atoms with Gasteiger partial charge in [0.1, 0.15) is 12.3 Å². The molecular formula is C22H27ClN2O4S. The van der Waals surface area contributed by atoms with Crippen molar-refractivity contribution >= 4 is 33.2 Å². The fourth-order valence-electron chi connectivity index (χ4n) is 3.62. The van der Waals surface area contributed by atoms with Crippen molar-refractivity contribution in [1.29, 1.82) is 0 Å². The lowest BCUT2D eigenvalue weighted by Crippen LogP contribution is -2.44. The fourth-order valence-corrected chi connectivity index (χ4v) is 5.17. The summed E-state index contributed by atoms with van der Waals surface area (Å²) in [4.78, 5) is 12.9. The minimum absolute atomic E-state index is 0.0741. The number of hydrogen-bond donors (Lipinski definition) is 1. The average Bonchev–Trinajstić information content (AvgIpc) is 3.01. The molecule has 0 radical (unpaired) electrons. The van der Waals surface area contributed by atoms with Crippen molar-refractivity contribution in [2.45, 2.75) is 49.5 Å². The second-order valence-electron chi connectivity index (χ2n) is 7.42. The number of ether oxygens (including phenoxy) is 1. The summed E-state index contributed by atoms with van der Waals surface area (Å²) >= 11 is 5.91. The topological polar surface area (TPSA) is 75.7 Å². The number of benzene rings is 2. The molecule has 6 nitrogen and oxygen atoms in total. The zero-order valence-corrected chi connectivity index (χ0v) is 18.6. The number of methoxy groups -OCH3 is 1. The van der Waals surface area contributed by atoms with E-state index in [-0.39, 0.29) is 23.4 Å². The molecule has 162 valence electrons. The molecule has 8 heteroatoms. The molecule has 1 fully saturated rings. The Balaban J connectivity index is 1.86. The van der Waals surface area contributed by atoms with Crippen LogP contribution in [0.3, 0.4) is 0 Å². The molecule has 0 saturated heterocycles. The summed E-state index contributed by atoms with van der Waals surface area (Å²) < 4.78 is 33.0. The lowest BCUT2D eigenvalue weighted by molar-refractivity contribution is -0.120. The molecule has 3 rings (SSSR count). The summed E-state index contributed by atoms with van der Waals surface area (Å²) in [6.45, 7) is -0.298. The number of nitrogens with zero attached hydrogens (tertiary/aromatic N) is 1. The summed E-state index contributed by atoms with van der Waals surface area (Å²) in [6, 6.07) is 12.6. The standard InChI is InChI=1S/C22H27ClN2O4S/c1-29-20-12-10-19(11-13-20)25(30(27,28)21-14-8-17(23)9-15-21)16-22(26)24-18-6-4-2-3-5-7-18/h8-15,18H,2-7,16H2,1H3,(H,24,26). The molecule has 0 spiro atoms. The van der Waals surface area contributed by atoms with Crippen molar-refractivity contribution in [1.82, 2.24) is 5.32 Å². The summed E-state index contributed by atoms with van der Waals surface area (Å²) in [5.41, 5.74) is 0.391. The summed E-state index contributed by atoms with van der Waals surface area (Å²) in [6.07, 6.45) is 6.37. The van der Waals surface area contributed by atoms with Crippen LogP contribution in [0.2, 0.25) is 5.02 Å². The fraction of sp³-hybridized carbons (Fsp3) is 0.409. The highest BCUT2D eigenvalue weighted by atomic mass is 35.5. The summed E-state index contributed by atoms with van der Waals surface area (Å²) in [5.74, 6) is 0.292. The molecule has 1 amide bonds. The summed E-state index contributed by atoms with van der Waals surface area (Å²) in [7, 11) is -2.42. The average molecular weight is 451 g/mol. The van der Waals surface area contributed by atoms with Crippen molar-refractivity contribution < 1.29 is 17.9 Å². The number of anilines is 1. The molecule has 30 heavy (non-hydrogen) atoms. The molecule has 0 atom stereocenters. The van der Waals surface area contributed by atoms with Gasteiger partial charge in [0.2, 0.25) is 5.91 Å². The maximum atomic E-state index is 13.4. The minimum atomic E-state index is -3.96. The Bertz CT molecular complexity index is 938. The molecule has 0 bridgehead atoms. The monoisotopic (exact) mass is 450 g/mol. The van der Waals surface area contributed by atoms with Gasteiger partial charge in [0.25, 0.3) is 10.0 Å². The van der Waals surface area contributed by atoms with E-state index < -0.39 is 10.0 Å². The third-order valence-corrected chi connectivity index (χ3v) is 7.31. The van der Waals surface area contributed by atoms with E-state index in [0.29, 0.717) is 16.5 Å². The van der Waals surface area contributed by atoms with E-state index in [4.69, 9.17) is 16.3 Å². The Morgan fingerprint density at radius 1 is 1.03 bits per heavy atom. The molecule has 1 N–H and O–H groups in total. The molecule has 0 heterocycles. The maximum Gasteiger partial charge on any atom is 0.264 e. The van der Waals surface area contributed by atoms with E-state index in [1.165, 1.54) is 44.2 Å². The second kappa shape index (κ2) is 10.2. The lowest BCUT2D eigenvalue weighted by atomic mass is 10.1. The van der Waals surface area contributed by atoms with E-state index in [2.05, 4.69) is 5.32 Å². The highest BCUT2D eigenvalue weighted by Gasteiger charge is 2.28. The molecule has 2 aromatic rings. The smallest absolute Gasteiger partial charge is 0.264 e. The van der Waals surface area contributed by atoms with Crippen molar-refractivity contribution in [3.63, 3.8) is 0 Å². The van der Waals surface area contributed by atoms with Crippen molar-refractivity contribution in [3.8, 4) is 5.75 Å². The minimum Gasteiger partial charge on any atom is -0.497 e. The van der Waals surface area contributed by atoms with E-state index in [1.54, 1.807) is 24.3 Å². The van der Waals surface area contributed by atoms with Gasteiger partial charge in [-0.05, 0) is 61.4 Å². The first kappa shape index (κ1) is 22.4. The van der Waals surface area contributed by atoms with Crippen LogP contribution in [0.25, 0.3) is 0 Å². The maximum absolute atomic E-state index is 13.4. The Labute approximate surface area is 183 Å². The third kappa shape index (κ3) is 5.67. The number of carbonyl (C=O) groups excluding carboxylic acids is 1. The van der Waals surface area contributed by atoms with Crippen LogP contribution < -0.4 is 14.4 Å². The van der Waals surface area contributed by atoms with Gasteiger partial charge in [0.05, 0.1) is 17.7 Å². The quantitative estimate of drug-likeness (QED) is 0.635. The largest absolute Gasteiger partial charge is 0.497 e. The van der Waals surface area contributed by atoms with Crippen LogP contribution in [-0.4, -0.2) is 34.0 Å². The van der Waals surface area contributed by atoms with E-state index in [9.17, 15) is 13.2 Å². The zero-order valence-electron chi connectivity index (χ0n) is 17.0. The number of sulfonamides is 1. The number of rotatable bonds is 7. The van der Waals surface area contributed by atoms with Crippen LogP contribution in [0.1, 0.15) is 38.5 Å². The molecule has 0 aromatic heterocycles. The first-order chi connectivity index (χ1) is 14.4. The molecule has 1 saturated carbocycles. The molecular weight excluding hydrogens is 424 g/mol. The first-order valence-electron chi connectivity index (χ1n) is 10.1. The number of nitrogens with one attached hydrogen (secondary N) is 1. The van der Waals surface area contributed by atoms with E-state index >= 15 is 0 Å². The highest BCUT2D eigenvalue weighted by Crippen LogP contribution is 2.26. The molecule has 1 aliphatic carbocycles. The lowest BCUT2D eigenvalue weighted by Gasteiger charge is -2.25. The second-order valence-corrected chi connectivity index (χ2v) is 9.72. The van der Waals surface area contributed by atoms with Crippen LogP contribution in [0.15, 0.2) is 53.4 Å². The van der Waals surface area contributed by atoms with Crippen LogP contribution in [0.5, 0.6) is 5.75 Å². The van der Waals surface area contributed by atoms with Crippen LogP contribution in [0.4, 0.5) is 5.69 Å². The van der Waals surface area contributed by atoms with Gasteiger partial charge in [-0.25, -0.2) is 8.42 Å². The summed E-state index contributed by atoms with van der Waals surface area (Å²) in [5, 5.41) is 3.46. The Kier molecular flexibility index (Phi) is 7.61. The van der Waals surface area contributed by atoms with Gasteiger partial charge in [0.15, 0.2) is 0 Å². The normalized spacial score (nSPS) is 15.3. The molecule has 0 unspecified atom stereocenters. The van der Waals surface area contributed by atoms with Gasteiger partial charge in [-0.15, -0.1) is 0 Å². The van der Waals surface area contributed by atoms with Crippen LogP contribution in [0, 0.1) is 0 Å². The SMILES string of the molecule is COc1ccc(N(CC(=O)NC2CCCCCC2)S(=O)(=O)c2ccc(Cl)cc2)cc1. The van der Waals surface area contributed by atoms with E-state index in [0.717, 1.165) is 30.0 Å². The van der Waals surface area contributed by atoms with Gasteiger partial charge in [0, 0.05) is 11.1 Å². The Hall–Kier alpha value is -2.25. The number of halogens is 1. The van der Waals surface area contributed by atoms with Gasteiger partial charge in [-0.1, -0.05) is 37.3 Å². The van der Waals surface area contributed by atoms with Gasteiger partial charge in [-0.2, -0.15) is 0 Å². The van der Waals surface area contributed by atoms with Crippen LogP contribution in [-0.2, 0) is 14.8 Å². The number of amides is 1. The van der Waals surface area contributed by atoms with Crippen molar-refractivity contribution in [2.24, 2.45) is 0 Å². The number of hydrogen-bond acceptors (Lipinski definition) is 4. The molecule has 1 aliphatic rings. The third-order valence-electron chi connectivity index (χ3n) is 5.27. The zero-order chi connectivity index (χ0) is 21.6. The highest BCUT2D eigenvalue weighted by molar-refractivity contribution is 7.92. The number of carbonyl (C=O) groups is 1. The Morgan fingerprint density at radius 2 is 1.63 bits per heavy atom. The van der Waals surface area contributed by atoms with Crippen molar-refractivity contribution in [2.75, 3.05) is 18.0 Å². The van der Waals surface area contributed by atoms with Crippen LogP contribution >= 0.6 is 11.6 Å². The predicted octanol–water partition coefficient (Wildman–Crippen LogP) is 4.38. The molecule has 2 aromatic carbocycles. The van der Waals surface area contributed by atoms with E-state index in [1.807, 2.05) is 0 Å². The Morgan fingerprint density at radius 3 is 2.20 bits per heavy atom. The predicted molar refractivity (Wildman–Crippen MR) is 119 cm³/mol. The van der Waals surface area contributed by atoms with Gasteiger partial charge >= 0.3 is 0 Å². The van der Waals surface area contributed by atoms with Gasteiger partial charge in [-0.3, -0.25) is 9.10 Å². The van der Waals surface area contributed by atoms with Gasteiger partial charge < -0.3 is 10.1 Å². The molecule has 0 aliphatic heterocycles. The first-order valence-corrected chi connectivity index (χ1v) is 11.9. The van der Waals surface area contributed by atoms with Crippen molar-refractivity contribution in [3.05, 3.63) is 53.6 Å².